The third-order valence-electron chi connectivity index (χ3n) is 3.78. The second-order valence-electron chi connectivity index (χ2n) is 5.85. The van der Waals surface area contributed by atoms with Crippen LogP contribution < -0.4 is 0 Å². The van der Waals surface area contributed by atoms with Gasteiger partial charge in [-0.3, -0.25) is 0 Å². The first-order valence-corrected chi connectivity index (χ1v) is 10.8. The Morgan fingerprint density at radius 1 is 0.917 bits per heavy atom. The zero-order chi connectivity index (χ0) is 17.5. The smallest absolute Gasteiger partial charge is 0.241 e. The van der Waals surface area contributed by atoms with Gasteiger partial charge < -0.3 is 0 Å². The van der Waals surface area contributed by atoms with E-state index in [2.05, 4.69) is 0 Å². The summed E-state index contributed by atoms with van der Waals surface area (Å²) in [4.78, 5) is 0.194. The quantitative estimate of drug-likeness (QED) is 0.714. The number of hydrogen-bond acceptors (Lipinski definition) is 4. The molecule has 0 amide bonds. The predicted molar refractivity (Wildman–Crippen MR) is 94.2 cm³/mol. The van der Waals surface area contributed by atoms with Gasteiger partial charge in [-0.2, -0.15) is 0 Å². The van der Waals surface area contributed by atoms with Crippen molar-refractivity contribution in [3.05, 3.63) is 65.9 Å². The molecule has 5 nitrogen and oxygen atoms in total. The van der Waals surface area contributed by atoms with Gasteiger partial charge in [-0.25, -0.2) is 20.8 Å². The van der Waals surface area contributed by atoms with Crippen LogP contribution in [0.15, 0.2) is 59.6 Å². The molecule has 3 aromatic rings. The molecule has 0 atom stereocenters. The van der Waals surface area contributed by atoms with Crippen molar-refractivity contribution in [2.45, 2.75) is 17.6 Å². The number of hydrogen-bond donors (Lipinski definition) is 0. The van der Waals surface area contributed by atoms with E-state index in [4.69, 9.17) is 0 Å². The van der Waals surface area contributed by atoms with E-state index >= 15 is 0 Å². The van der Waals surface area contributed by atoms with E-state index in [0.717, 1.165) is 11.8 Å². The Bertz CT molecular complexity index is 1110. The Hall–Kier alpha value is -2.12. The highest BCUT2D eigenvalue weighted by Crippen LogP contribution is 2.26. The monoisotopic (exact) mass is 363 g/mol. The predicted octanol–water partition coefficient (Wildman–Crippen LogP) is 2.73. The number of aromatic nitrogens is 1. The van der Waals surface area contributed by atoms with Crippen LogP contribution in [0, 0.1) is 6.92 Å². The van der Waals surface area contributed by atoms with Crippen molar-refractivity contribution in [1.82, 2.24) is 3.97 Å². The number of nitrogens with zero attached hydrogens (tertiary/aromatic N) is 1. The van der Waals surface area contributed by atoms with Crippen LogP contribution in [-0.2, 0) is 25.6 Å². The highest BCUT2D eigenvalue weighted by atomic mass is 32.2. The Morgan fingerprint density at radius 2 is 1.58 bits per heavy atom. The maximum Gasteiger partial charge on any atom is 0.268 e. The van der Waals surface area contributed by atoms with Crippen LogP contribution in [0.2, 0.25) is 0 Å². The lowest BCUT2D eigenvalue weighted by Gasteiger charge is -2.09. The van der Waals surface area contributed by atoms with Gasteiger partial charge in [0.05, 0.1) is 16.2 Å². The van der Waals surface area contributed by atoms with E-state index in [-0.39, 0.29) is 10.6 Å². The van der Waals surface area contributed by atoms with Gasteiger partial charge in [0.2, 0.25) is 0 Å². The van der Waals surface area contributed by atoms with Crippen LogP contribution in [0.5, 0.6) is 0 Å². The number of rotatable bonds is 4. The van der Waals surface area contributed by atoms with Gasteiger partial charge in [0, 0.05) is 17.8 Å². The summed E-state index contributed by atoms with van der Waals surface area (Å²) in [6.45, 7) is 1.89. The summed E-state index contributed by atoms with van der Waals surface area (Å²) in [5, 5.41) is 0.624. The van der Waals surface area contributed by atoms with Gasteiger partial charge in [-0.15, -0.1) is 0 Å². The van der Waals surface area contributed by atoms with Crippen molar-refractivity contribution in [1.29, 1.82) is 0 Å². The maximum atomic E-state index is 12.9. The molecular weight excluding hydrogens is 346 g/mol. The average molecular weight is 363 g/mol. The van der Waals surface area contributed by atoms with E-state index < -0.39 is 19.9 Å². The molecule has 0 radical (unpaired) electrons. The first-order valence-electron chi connectivity index (χ1n) is 7.27. The molecule has 7 heteroatoms. The molecule has 0 unspecified atom stereocenters. The van der Waals surface area contributed by atoms with Gasteiger partial charge in [0.1, 0.15) is 0 Å². The van der Waals surface area contributed by atoms with Crippen molar-refractivity contribution in [2.75, 3.05) is 6.26 Å². The van der Waals surface area contributed by atoms with E-state index in [1.807, 2.05) is 6.92 Å². The van der Waals surface area contributed by atoms with Crippen LogP contribution in [0.3, 0.4) is 0 Å². The van der Waals surface area contributed by atoms with Crippen LogP contribution in [0.1, 0.15) is 11.1 Å². The van der Waals surface area contributed by atoms with Gasteiger partial charge in [-0.05, 0) is 36.8 Å². The minimum absolute atomic E-state index is 0.126. The van der Waals surface area contributed by atoms with Gasteiger partial charge >= 0.3 is 0 Å². The second-order valence-corrected chi connectivity index (χ2v) is 9.80. The average Bonchev–Trinajstić information content (AvgIpc) is 2.92. The molecule has 0 aliphatic heterocycles. The molecule has 0 aliphatic carbocycles. The fraction of sp³-hybridized carbons (Fsp3) is 0.176. The lowest BCUT2D eigenvalue weighted by Crippen LogP contribution is -2.11. The molecule has 0 fully saturated rings. The number of fused-ring (bicyclic) bond motifs is 1. The number of sulfone groups is 1. The molecule has 0 N–H and O–H groups in total. The summed E-state index contributed by atoms with van der Waals surface area (Å²) in [5.41, 5.74) is 2.03. The molecule has 1 aromatic heterocycles. The number of aryl methyl sites for hydroxylation is 1. The Labute approximate surface area is 141 Å². The summed E-state index contributed by atoms with van der Waals surface area (Å²) in [6.07, 6.45) is 2.62. The maximum absolute atomic E-state index is 12.9. The highest BCUT2D eigenvalue weighted by molar-refractivity contribution is 7.90. The molecule has 0 bridgehead atoms. The fourth-order valence-corrected chi connectivity index (χ4v) is 4.81. The minimum atomic E-state index is -3.73. The molecule has 0 spiro atoms. The molecule has 1 heterocycles. The SMILES string of the molecule is Cc1ccc(S(=O)(=O)n2ccc3c(CS(C)(=O)=O)cccc32)cc1. The molecule has 3 rings (SSSR count). The topological polar surface area (TPSA) is 73.2 Å². The van der Waals surface area contributed by atoms with Crippen LogP contribution in [-0.4, -0.2) is 27.1 Å². The summed E-state index contributed by atoms with van der Waals surface area (Å²) < 4.78 is 50.1. The highest BCUT2D eigenvalue weighted by Gasteiger charge is 2.20. The first kappa shape index (κ1) is 16.7. The molecular formula is C17H17NO4S2. The van der Waals surface area contributed by atoms with E-state index in [1.165, 1.54) is 10.2 Å². The first-order chi connectivity index (χ1) is 11.2. The largest absolute Gasteiger partial charge is 0.268 e. The third-order valence-corrected chi connectivity index (χ3v) is 6.32. The van der Waals surface area contributed by atoms with Gasteiger partial charge in [0.15, 0.2) is 9.84 Å². The van der Waals surface area contributed by atoms with Gasteiger partial charge in [0.25, 0.3) is 10.0 Å². The zero-order valence-electron chi connectivity index (χ0n) is 13.3. The molecule has 24 heavy (non-hydrogen) atoms. The summed E-state index contributed by atoms with van der Waals surface area (Å²) in [7, 11) is -6.94. The van der Waals surface area contributed by atoms with E-state index in [9.17, 15) is 16.8 Å². The van der Waals surface area contributed by atoms with Crippen LogP contribution in [0.25, 0.3) is 10.9 Å². The van der Waals surface area contributed by atoms with Gasteiger partial charge in [-0.1, -0.05) is 29.8 Å². The van der Waals surface area contributed by atoms with Crippen LogP contribution in [0.4, 0.5) is 0 Å². The Kier molecular flexibility index (Phi) is 4.01. The van der Waals surface area contributed by atoms with Crippen molar-refractivity contribution >= 4 is 30.8 Å². The molecule has 2 aromatic carbocycles. The molecule has 0 aliphatic rings. The standard InChI is InChI=1S/C17H17NO4S2/c1-13-6-8-15(9-7-13)24(21,22)18-11-10-16-14(12-23(2,19)20)4-3-5-17(16)18/h3-11H,12H2,1-2H3. The second kappa shape index (κ2) is 5.75. The van der Waals surface area contributed by atoms with E-state index in [1.54, 1.807) is 48.5 Å². The normalized spacial score (nSPS) is 12.6. The van der Waals surface area contributed by atoms with Crippen molar-refractivity contribution in [3.63, 3.8) is 0 Å². The van der Waals surface area contributed by atoms with Crippen molar-refractivity contribution < 1.29 is 16.8 Å². The minimum Gasteiger partial charge on any atom is -0.241 e. The summed E-state index contributed by atoms with van der Waals surface area (Å²) in [6, 6.07) is 13.3. The summed E-state index contributed by atoms with van der Waals surface area (Å²) in [5.74, 6) is -0.126. The molecule has 0 saturated carbocycles. The molecule has 126 valence electrons. The lowest BCUT2D eigenvalue weighted by atomic mass is 10.1. The van der Waals surface area contributed by atoms with Crippen molar-refractivity contribution in [2.24, 2.45) is 0 Å². The zero-order valence-corrected chi connectivity index (χ0v) is 14.9. The summed E-state index contributed by atoms with van der Waals surface area (Å²) >= 11 is 0. The number of benzene rings is 2. The fourth-order valence-electron chi connectivity index (χ4n) is 2.65. The Balaban J connectivity index is 2.18. The van der Waals surface area contributed by atoms with Crippen LogP contribution >= 0.6 is 0 Å². The van der Waals surface area contributed by atoms with Crippen molar-refractivity contribution in [3.8, 4) is 0 Å². The Morgan fingerprint density at radius 3 is 2.21 bits per heavy atom. The molecule has 0 saturated heterocycles. The lowest BCUT2D eigenvalue weighted by molar-refractivity contribution is 0.589. The van der Waals surface area contributed by atoms with E-state index in [0.29, 0.717) is 16.5 Å². The third kappa shape index (κ3) is 3.09.